The van der Waals surface area contributed by atoms with E-state index >= 15 is 0 Å². The fourth-order valence-corrected chi connectivity index (χ4v) is 2.77. The zero-order chi connectivity index (χ0) is 14.5. The zero-order valence-electron chi connectivity index (χ0n) is 13.2. The van der Waals surface area contributed by atoms with Gasteiger partial charge in [-0.15, -0.1) is 0 Å². The molecule has 2 aromatic rings. The molecule has 0 aliphatic rings. The fourth-order valence-electron chi connectivity index (χ4n) is 2.77. The van der Waals surface area contributed by atoms with Crippen LogP contribution in [0, 0.1) is 13.8 Å². The van der Waals surface area contributed by atoms with Crippen molar-refractivity contribution in [1.29, 1.82) is 0 Å². The maximum Gasteiger partial charge on any atom is 0.0226 e. The molecule has 1 N–H and O–H groups in total. The monoisotopic (exact) mass is 270 g/mol. The van der Waals surface area contributed by atoms with Crippen molar-refractivity contribution in [3.05, 3.63) is 58.4 Å². The maximum atomic E-state index is 3.55. The zero-order valence-corrected chi connectivity index (χ0v) is 13.2. The van der Waals surface area contributed by atoms with Crippen LogP contribution in [0.5, 0.6) is 0 Å². The molecule has 108 valence electrons. The topological polar surface area (TPSA) is 17.0 Å². The molecule has 2 nitrogen and oxygen atoms in total. The molecule has 0 saturated heterocycles. The molecule has 0 unspecified atom stereocenters. The lowest BCUT2D eigenvalue weighted by Crippen LogP contribution is -2.13. The number of aryl methyl sites for hydroxylation is 2. The van der Waals surface area contributed by atoms with Crippen LogP contribution in [-0.4, -0.2) is 4.57 Å². The molecule has 1 aromatic carbocycles. The molecule has 1 aromatic heterocycles. The van der Waals surface area contributed by atoms with Crippen LogP contribution in [0.2, 0.25) is 0 Å². The first kappa shape index (κ1) is 14.9. The smallest absolute Gasteiger partial charge is 0.0226 e. The summed E-state index contributed by atoms with van der Waals surface area (Å²) in [4.78, 5) is 0. The minimum Gasteiger partial charge on any atom is -0.349 e. The Morgan fingerprint density at radius 2 is 1.60 bits per heavy atom. The second-order valence-corrected chi connectivity index (χ2v) is 5.41. The minimum absolute atomic E-state index is 0.930. The van der Waals surface area contributed by atoms with Crippen molar-refractivity contribution in [3.63, 3.8) is 0 Å². The number of rotatable bonds is 6. The number of aromatic nitrogens is 1. The van der Waals surface area contributed by atoms with Crippen molar-refractivity contribution in [1.82, 2.24) is 9.88 Å². The molecule has 0 fully saturated rings. The molecule has 0 amide bonds. The van der Waals surface area contributed by atoms with Crippen LogP contribution >= 0.6 is 0 Å². The van der Waals surface area contributed by atoms with Crippen LogP contribution in [0.3, 0.4) is 0 Å². The summed E-state index contributed by atoms with van der Waals surface area (Å²) in [6.07, 6.45) is 1.11. The van der Waals surface area contributed by atoms with Gasteiger partial charge in [0.1, 0.15) is 0 Å². The Bertz CT molecular complexity index is 550. The lowest BCUT2D eigenvalue weighted by atomic mass is 10.1. The third-order valence-corrected chi connectivity index (χ3v) is 4.07. The van der Waals surface area contributed by atoms with Gasteiger partial charge in [0.05, 0.1) is 0 Å². The fraction of sp³-hybridized carbons (Fsp3) is 0.444. The van der Waals surface area contributed by atoms with E-state index in [0.29, 0.717) is 0 Å². The van der Waals surface area contributed by atoms with Crippen LogP contribution in [0.25, 0.3) is 0 Å². The summed E-state index contributed by atoms with van der Waals surface area (Å²) in [5.74, 6) is 0. The Morgan fingerprint density at radius 1 is 0.950 bits per heavy atom. The van der Waals surface area contributed by atoms with E-state index in [4.69, 9.17) is 0 Å². The van der Waals surface area contributed by atoms with Crippen LogP contribution in [0.4, 0.5) is 0 Å². The van der Waals surface area contributed by atoms with E-state index in [1.807, 2.05) is 0 Å². The average Bonchev–Trinajstić information content (AvgIpc) is 2.74. The van der Waals surface area contributed by atoms with Crippen LogP contribution < -0.4 is 5.32 Å². The molecular formula is C18H26N2. The van der Waals surface area contributed by atoms with Gasteiger partial charge in [0, 0.05) is 31.0 Å². The summed E-state index contributed by atoms with van der Waals surface area (Å²) in [5, 5.41) is 3.55. The lowest BCUT2D eigenvalue weighted by molar-refractivity contribution is 0.675. The average molecular weight is 270 g/mol. The number of nitrogens with zero attached hydrogens (tertiary/aromatic N) is 1. The summed E-state index contributed by atoms with van der Waals surface area (Å²) in [7, 11) is 0. The van der Waals surface area contributed by atoms with Gasteiger partial charge in [0.15, 0.2) is 0 Å². The van der Waals surface area contributed by atoms with Gasteiger partial charge in [-0.05, 0) is 49.9 Å². The van der Waals surface area contributed by atoms with E-state index in [2.05, 4.69) is 67.9 Å². The number of hydrogen-bond acceptors (Lipinski definition) is 1. The molecule has 0 atom stereocenters. The second-order valence-electron chi connectivity index (χ2n) is 5.41. The first-order valence-corrected chi connectivity index (χ1v) is 7.59. The van der Waals surface area contributed by atoms with Crippen molar-refractivity contribution in [3.8, 4) is 0 Å². The van der Waals surface area contributed by atoms with Gasteiger partial charge in [-0.2, -0.15) is 0 Å². The van der Waals surface area contributed by atoms with Crippen LogP contribution in [-0.2, 0) is 26.1 Å². The summed E-state index contributed by atoms with van der Waals surface area (Å²) in [6.45, 7) is 11.7. The van der Waals surface area contributed by atoms with Gasteiger partial charge >= 0.3 is 0 Å². The first-order chi connectivity index (χ1) is 9.65. The minimum atomic E-state index is 0.930. The first-order valence-electron chi connectivity index (χ1n) is 7.59. The Kier molecular flexibility index (Phi) is 5.02. The van der Waals surface area contributed by atoms with E-state index in [1.165, 1.54) is 28.1 Å². The maximum absolute atomic E-state index is 3.55. The highest BCUT2D eigenvalue weighted by molar-refractivity contribution is 5.27. The Balaban J connectivity index is 1.92. The van der Waals surface area contributed by atoms with E-state index in [1.54, 1.807) is 0 Å². The van der Waals surface area contributed by atoms with Crippen molar-refractivity contribution >= 4 is 0 Å². The molecule has 0 saturated carbocycles. The molecule has 0 bridgehead atoms. The van der Waals surface area contributed by atoms with E-state index < -0.39 is 0 Å². The molecule has 0 radical (unpaired) electrons. The van der Waals surface area contributed by atoms with Crippen molar-refractivity contribution in [2.45, 2.75) is 53.8 Å². The number of benzene rings is 1. The largest absolute Gasteiger partial charge is 0.349 e. The van der Waals surface area contributed by atoms with Gasteiger partial charge in [0.2, 0.25) is 0 Å². The predicted octanol–water partition coefficient (Wildman–Crippen LogP) is 3.98. The molecule has 2 rings (SSSR count). The third kappa shape index (κ3) is 3.31. The standard InChI is InChI=1S/C18H26N2/c1-5-16-7-9-17(10-8-16)12-19-13-18-11-14(3)20(6-2)15(18)4/h7-11,19H,5-6,12-13H2,1-4H3. The second kappa shape index (κ2) is 6.76. The molecule has 20 heavy (non-hydrogen) atoms. The van der Waals surface area contributed by atoms with E-state index in [0.717, 1.165) is 26.1 Å². The highest BCUT2D eigenvalue weighted by Crippen LogP contribution is 2.15. The molecule has 0 spiro atoms. The Labute approximate surface area is 122 Å². The third-order valence-electron chi connectivity index (χ3n) is 4.07. The number of nitrogens with one attached hydrogen (secondary N) is 1. The predicted molar refractivity (Wildman–Crippen MR) is 85.9 cm³/mol. The lowest BCUT2D eigenvalue weighted by Gasteiger charge is -2.08. The Morgan fingerprint density at radius 3 is 2.15 bits per heavy atom. The molecule has 0 aliphatic carbocycles. The van der Waals surface area contributed by atoms with E-state index in [9.17, 15) is 0 Å². The SMILES string of the molecule is CCc1ccc(CNCc2cc(C)n(CC)c2C)cc1. The van der Waals surface area contributed by atoms with E-state index in [-0.39, 0.29) is 0 Å². The highest BCUT2D eigenvalue weighted by Gasteiger charge is 2.06. The normalized spacial score (nSPS) is 11.0. The van der Waals surface area contributed by atoms with Gasteiger partial charge < -0.3 is 9.88 Å². The van der Waals surface area contributed by atoms with Gasteiger partial charge in [0.25, 0.3) is 0 Å². The summed E-state index contributed by atoms with van der Waals surface area (Å²) < 4.78 is 2.37. The quantitative estimate of drug-likeness (QED) is 0.840. The van der Waals surface area contributed by atoms with Crippen molar-refractivity contribution in [2.75, 3.05) is 0 Å². The van der Waals surface area contributed by atoms with Gasteiger partial charge in [-0.1, -0.05) is 31.2 Å². The molecule has 1 heterocycles. The van der Waals surface area contributed by atoms with Crippen LogP contribution in [0.1, 0.15) is 41.9 Å². The molecule has 2 heteroatoms. The summed E-state index contributed by atoms with van der Waals surface area (Å²) in [5.41, 5.74) is 6.91. The number of hydrogen-bond donors (Lipinski definition) is 1. The Hall–Kier alpha value is -1.54. The van der Waals surface area contributed by atoms with Gasteiger partial charge in [-0.25, -0.2) is 0 Å². The molecule has 0 aliphatic heterocycles. The summed E-state index contributed by atoms with van der Waals surface area (Å²) in [6, 6.07) is 11.2. The van der Waals surface area contributed by atoms with Gasteiger partial charge in [-0.3, -0.25) is 0 Å². The molecular weight excluding hydrogens is 244 g/mol. The van der Waals surface area contributed by atoms with Crippen molar-refractivity contribution in [2.24, 2.45) is 0 Å². The van der Waals surface area contributed by atoms with Crippen LogP contribution in [0.15, 0.2) is 30.3 Å². The highest BCUT2D eigenvalue weighted by atomic mass is 15.0. The van der Waals surface area contributed by atoms with Crippen molar-refractivity contribution < 1.29 is 0 Å². The summed E-state index contributed by atoms with van der Waals surface area (Å²) >= 11 is 0.